The molecule has 2 aromatic carbocycles. The molecule has 0 aliphatic carbocycles. The molecule has 0 N–H and O–H groups in total. The molecule has 6 nitrogen and oxygen atoms in total. The Morgan fingerprint density at radius 1 is 1.15 bits per heavy atom. The minimum absolute atomic E-state index is 0.0242. The predicted octanol–water partition coefficient (Wildman–Crippen LogP) is 4.31. The van der Waals surface area contributed by atoms with Crippen molar-refractivity contribution in [2.45, 2.75) is 12.8 Å². The third kappa shape index (κ3) is 5.17. The number of morpholine rings is 1. The van der Waals surface area contributed by atoms with E-state index in [1.54, 1.807) is 36.4 Å². The molecule has 1 saturated heterocycles. The van der Waals surface area contributed by atoms with Crippen LogP contribution in [0.2, 0.25) is 5.02 Å². The van der Waals surface area contributed by atoms with Gasteiger partial charge in [0.15, 0.2) is 0 Å². The molecule has 2 aromatic rings. The van der Waals surface area contributed by atoms with E-state index in [4.69, 9.17) is 21.1 Å². The zero-order valence-corrected chi connectivity index (χ0v) is 15.2. The van der Waals surface area contributed by atoms with Gasteiger partial charge in [-0.2, -0.15) is 0 Å². The van der Waals surface area contributed by atoms with Crippen molar-refractivity contribution in [1.82, 2.24) is 4.90 Å². The first-order valence-electron chi connectivity index (χ1n) is 8.62. The highest BCUT2D eigenvalue weighted by Crippen LogP contribution is 2.33. The summed E-state index contributed by atoms with van der Waals surface area (Å²) in [5, 5.41) is 12.0. The summed E-state index contributed by atoms with van der Waals surface area (Å²) in [6.07, 6.45) is 1.74. The molecule has 1 heterocycles. The van der Waals surface area contributed by atoms with Crippen molar-refractivity contribution in [3.05, 3.63) is 63.2 Å². The molecular weight excluding hydrogens is 356 g/mol. The summed E-state index contributed by atoms with van der Waals surface area (Å²) < 4.78 is 11.0. The molecule has 0 radical (unpaired) electrons. The van der Waals surface area contributed by atoms with Crippen molar-refractivity contribution >= 4 is 17.3 Å². The number of rotatable bonds is 7. The second kappa shape index (κ2) is 8.98. The molecule has 0 saturated carbocycles. The Labute approximate surface area is 157 Å². The molecular formula is C19H21ClN2O4. The fourth-order valence-corrected chi connectivity index (χ4v) is 3.03. The summed E-state index contributed by atoms with van der Waals surface area (Å²) in [5.41, 5.74) is 0.914. The Hall–Kier alpha value is -2.15. The van der Waals surface area contributed by atoms with Crippen LogP contribution in [0.25, 0.3) is 0 Å². The number of nitrogens with zero attached hydrogens (tertiary/aromatic N) is 2. The van der Waals surface area contributed by atoms with Gasteiger partial charge in [-0.05, 0) is 55.3 Å². The van der Waals surface area contributed by atoms with Crippen LogP contribution in [0.15, 0.2) is 42.5 Å². The van der Waals surface area contributed by atoms with Gasteiger partial charge >= 0.3 is 5.69 Å². The molecule has 0 atom stereocenters. The van der Waals surface area contributed by atoms with Gasteiger partial charge in [0.2, 0.25) is 5.75 Å². The fraction of sp³-hybridized carbons (Fsp3) is 0.368. The molecule has 0 bridgehead atoms. The lowest BCUT2D eigenvalue weighted by Gasteiger charge is -2.26. The first-order chi connectivity index (χ1) is 12.6. The standard InChI is InChI=1S/C19H21ClN2O4/c20-16-4-6-17(7-5-16)26-19-8-3-15(14-18(19)22(23)24)2-1-9-21-10-12-25-13-11-21/h3-8,14H,1-2,9-13H2. The van der Waals surface area contributed by atoms with Gasteiger partial charge in [-0.25, -0.2) is 0 Å². The molecule has 1 aliphatic heterocycles. The summed E-state index contributed by atoms with van der Waals surface area (Å²) in [6.45, 7) is 4.44. The van der Waals surface area contributed by atoms with Crippen LogP contribution in [0.4, 0.5) is 5.69 Å². The third-order valence-electron chi connectivity index (χ3n) is 4.30. The largest absolute Gasteiger partial charge is 0.450 e. The minimum Gasteiger partial charge on any atom is -0.450 e. The van der Waals surface area contributed by atoms with E-state index >= 15 is 0 Å². The number of hydrogen-bond donors (Lipinski definition) is 0. The van der Waals surface area contributed by atoms with Gasteiger partial charge in [0.25, 0.3) is 0 Å². The van der Waals surface area contributed by atoms with Gasteiger partial charge in [0.05, 0.1) is 18.1 Å². The Balaban J connectivity index is 1.64. The van der Waals surface area contributed by atoms with Crippen LogP contribution in [-0.4, -0.2) is 42.7 Å². The van der Waals surface area contributed by atoms with Crippen LogP contribution in [0.3, 0.4) is 0 Å². The summed E-state index contributed by atoms with van der Waals surface area (Å²) >= 11 is 5.85. The van der Waals surface area contributed by atoms with E-state index in [-0.39, 0.29) is 11.4 Å². The molecule has 7 heteroatoms. The maximum Gasteiger partial charge on any atom is 0.311 e. The topological polar surface area (TPSA) is 64.8 Å². The van der Waals surface area contributed by atoms with Crippen LogP contribution in [0.1, 0.15) is 12.0 Å². The second-order valence-electron chi connectivity index (χ2n) is 6.17. The fourth-order valence-electron chi connectivity index (χ4n) is 2.91. The molecule has 0 aromatic heterocycles. The van der Waals surface area contributed by atoms with Crippen molar-refractivity contribution in [3.8, 4) is 11.5 Å². The van der Waals surface area contributed by atoms with Crippen LogP contribution in [0.5, 0.6) is 11.5 Å². The first kappa shape index (κ1) is 18.6. The van der Waals surface area contributed by atoms with Crippen LogP contribution >= 0.6 is 11.6 Å². The molecule has 3 rings (SSSR count). The van der Waals surface area contributed by atoms with Crippen LogP contribution in [0, 0.1) is 10.1 Å². The highest BCUT2D eigenvalue weighted by atomic mass is 35.5. The van der Waals surface area contributed by atoms with E-state index in [0.717, 1.165) is 51.3 Å². The monoisotopic (exact) mass is 376 g/mol. The number of halogens is 1. The quantitative estimate of drug-likeness (QED) is 0.532. The van der Waals surface area contributed by atoms with Crippen molar-refractivity contribution in [3.63, 3.8) is 0 Å². The minimum atomic E-state index is -0.406. The van der Waals surface area contributed by atoms with E-state index in [2.05, 4.69) is 4.90 Å². The molecule has 0 unspecified atom stereocenters. The maximum atomic E-state index is 11.4. The predicted molar refractivity (Wildman–Crippen MR) is 100 cm³/mol. The number of nitro groups is 1. The lowest BCUT2D eigenvalue weighted by atomic mass is 10.1. The zero-order valence-electron chi connectivity index (χ0n) is 14.4. The average molecular weight is 377 g/mol. The smallest absolute Gasteiger partial charge is 0.311 e. The van der Waals surface area contributed by atoms with Crippen molar-refractivity contribution in [1.29, 1.82) is 0 Å². The maximum absolute atomic E-state index is 11.4. The van der Waals surface area contributed by atoms with Crippen molar-refractivity contribution in [2.75, 3.05) is 32.8 Å². The normalized spacial score (nSPS) is 15.0. The van der Waals surface area contributed by atoms with Gasteiger partial charge in [0.1, 0.15) is 5.75 Å². The van der Waals surface area contributed by atoms with Crippen LogP contribution < -0.4 is 4.74 Å². The summed E-state index contributed by atoms with van der Waals surface area (Å²) in [4.78, 5) is 13.4. The number of benzene rings is 2. The van der Waals surface area contributed by atoms with Gasteiger partial charge in [-0.1, -0.05) is 17.7 Å². The van der Waals surface area contributed by atoms with E-state index in [9.17, 15) is 10.1 Å². The van der Waals surface area contributed by atoms with E-state index < -0.39 is 4.92 Å². The SMILES string of the molecule is O=[N+]([O-])c1cc(CCCN2CCOCC2)ccc1Oc1ccc(Cl)cc1. The van der Waals surface area contributed by atoms with E-state index in [1.807, 2.05) is 6.07 Å². The van der Waals surface area contributed by atoms with E-state index in [0.29, 0.717) is 10.8 Å². The molecule has 1 aliphatic rings. The molecule has 138 valence electrons. The summed E-state index contributed by atoms with van der Waals surface area (Å²) in [6, 6.07) is 11.9. The number of aryl methyl sites for hydroxylation is 1. The molecule has 0 amide bonds. The van der Waals surface area contributed by atoms with Gasteiger partial charge < -0.3 is 9.47 Å². The number of hydrogen-bond acceptors (Lipinski definition) is 5. The summed E-state index contributed by atoms with van der Waals surface area (Å²) in [7, 11) is 0. The first-order valence-corrected chi connectivity index (χ1v) is 9.00. The third-order valence-corrected chi connectivity index (χ3v) is 4.56. The molecule has 26 heavy (non-hydrogen) atoms. The van der Waals surface area contributed by atoms with Gasteiger partial charge in [0, 0.05) is 24.2 Å². The molecule has 1 fully saturated rings. The Morgan fingerprint density at radius 2 is 1.88 bits per heavy atom. The second-order valence-corrected chi connectivity index (χ2v) is 6.61. The molecule has 0 spiro atoms. The van der Waals surface area contributed by atoms with Gasteiger partial charge in [-0.15, -0.1) is 0 Å². The van der Waals surface area contributed by atoms with E-state index in [1.165, 1.54) is 0 Å². The lowest BCUT2D eigenvalue weighted by Crippen LogP contribution is -2.36. The summed E-state index contributed by atoms with van der Waals surface area (Å²) in [5.74, 6) is 0.742. The lowest BCUT2D eigenvalue weighted by molar-refractivity contribution is -0.385. The number of nitro benzene ring substituents is 1. The Bertz CT molecular complexity index is 746. The van der Waals surface area contributed by atoms with Crippen molar-refractivity contribution in [2.24, 2.45) is 0 Å². The van der Waals surface area contributed by atoms with Crippen molar-refractivity contribution < 1.29 is 14.4 Å². The Morgan fingerprint density at radius 3 is 2.58 bits per heavy atom. The zero-order chi connectivity index (χ0) is 18.4. The van der Waals surface area contributed by atoms with Crippen LogP contribution in [-0.2, 0) is 11.2 Å². The number of ether oxygens (including phenoxy) is 2. The van der Waals surface area contributed by atoms with Gasteiger partial charge in [-0.3, -0.25) is 15.0 Å². The highest BCUT2D eigenvalue weighted by Gasteiger charge is 2.17. The Kier molecular flexibility index (Phi) is 6.44. The average Bonchev–Trinajstić information content (AvgIpc) is 2.65. The highest BCUT2D eigenvalue weighted by molar-refractivity contribution is 6.30.